The van der Waals surface area contributed by atoms with E-state index in [4.69, 9.17) is 9.84 Å². The molecule has 0 saturated carbocycles. The summed E-state index contributed by atoms with van der Waals surface area (Å²) < 4.78 is 8.23. The molecule has 0 fully saturated rings. The Hall–Kier alpha value is -3.61. The Morgan fingerprint density at radius 2 is 1.76 bits per heavy atom. The van der Waals surface area contributed by atoms with Crippen molar-refractivity contribution in [3.05, 3.63) is 72.1 Å². The van der Waals surface area contributed by atoms with Gasteiger partial charge in [0.2, 0.25) is 0 Å². The Kier molecular flexibility index (Phi) is 8.63. The van der Waals surface area contributed by atoms with Crippen molar-refractivity contribution in [3.63, 3.8) is 0 Å². The first kappa shape index (κ1) is 24.0. The second-order valence-corrected chi connectivity index (χ2v) is 7.93. The summed E-state index contributed by atoms with van der Waals surface area (Å²) in [5, 5.41) is 15.7. The number of amides is 1. The van der Waals surface area contributed by atoms with Gasteiger partial charge < -0.3 is 15.2 Å². The highest BCUT2D eigenvalue weighted by Gasteiger charge is 2.14. The first-order chi connectivity index (χ1) is 16.0. The normalized spacial score (nSPS) is 11.7. The van der Waals surface area contributed by atoms with Crippen LogP contribution < -0.4 is 10.1 Å². The highest BCUT2D eigenvalue weighted by Crippen LogP contribution is 2.28. The van der Waals surface area contributed by atoms with Crippen LogP contribution in [-0.4, -0.2) is 33.3 Å². The molecule has 1 amide bonds. The van der Waals surface area contributed by atoms with E-state index in [2.05, 4.69) is 30.5 Å². The molecule has 0 aliphatic carbocycles. The fraction of sp³-hybridized carbons (Fsp3) is 0.346. The zero-order valence-corrected chi connectivity index (χ0v) is 19.2. The molecule has 33 heavy (non-hydrogen) atoms. The standard InChI is InChI=1S/C26H31N3O4/c1-3-5-24(20-6-8-21(9-7-20)26(32)27-15-14-25(30)31)33-23-12-10-19(11-13-23)22-17-28-29(18-22)16-4-2/h6-13,17-18,24H,3-5,14-16H2,1-2H3,(H,27,32)(H,30,31). The number of rotatable bonds is 12. The smallest absolute Gasteiger partial charge is 0.305 e. The molecule has 0 saturated heterocycles. The molecule has 2 N–H and O–H groups in total. The Balaban J connectivity index is 1.65. The highest BCUT2D eigenvalue weighted by molar-refractivity contribution is 5.94. The van der Waals surface area contributed by atoms with E-state index in [1.807, 2.05) is 47.3 Å². The fourth-order valence-electron chi connectivity index (χ4n) is 3.54. The van der Waals surface area contributed by atoms with Crippen molar-refractivity contribution < 1.29 is 19.4 Å². The predicted molar refractivity (Wildman–Crippen MR) is 127 cm³/mol. The number of carboxylic acid groups (broad SMARTS) is 1. The van der Waals surface area contributed by atoms with Crippen molar-refractivity contribution in [2.24, 2.45) is 0 Å². The molecule has 7 nitrogen and oxygen atoms in total. The average Bonchev–Trinajstić information content (AvgIpc) is 3.28. The van der Waals surface area contributed by atoms with Crippen LogP contribution in [-0.2, 0) is 11.3 Å². The summed E-state index contributed by atoms with van der Waals surface area (Å²) in [7, 11) is 0. The third-order valence-corrected chi connectivity index (χ3v) is 5.27. The molecule has 3 aromatic rings. The zero-order chi connectivity index (χ0) is 23.6. The van der Waals surface area contributed by atoms with Crippen LogP contribution in [0, 0.1) is 0 Å². The third-order valence-electron chi connectivity index (χ3n) is 5.27. The molecule has 1 unspecified atom stereocenters. The molecule has 0 aliphatic heterocycles. The lowest BCUT2D eigenvalue weighted by Gasteiger charge is -2.19. The number of hydrogen-bond acceptors (Lipinski definition) is 4. The first-order valence-electron chi connectivity index (χ1n) is 11.4. The second kappa shape index (κ2) is 11.9. The van der Waals surface area contributed by atoms with Crippen LogP contribution in [0.1, 0.15) is 61.6 Å². The monoisotopic (exact) mass is 449 g/mol. The Morgan fingerprint density at radius 3 is 2.39 bits per heavy atom. The summed E-state index contributed by atoms with van der Waals surface area (Å²) in [6, 6.07) is 15.3. The van der Waals surface area contributed by atoms with Crippen molar-refractivity contribution in [1.82, 2.24) is 15.1 Å². The van der Waals surface area contributed by atoms with E-state index in [0.717, 1.165) is 48.2 Å². The molecule has 1 atom stereocenters. The lowest BCUT2D eigenvalue weighted by Crippen LogP contribution is -2.26. The summed E-state index contributed by atoms with van der Waals surface area (Å²) >= 11 is 0. The molecule has 3 rings (SSSR count). The zero-order valence-electron chi connectivity index (χ0n) is 19.2. The Morgan fingerprint density at radius 1 is 1.03 bits per heavy atom. The van der Waals surface area contributed by atoms with E-state index in [1.54, 1.807) is 12.1 Å². The molecule has 1 heterocycles. The quantitative estimate of drug-likeness (QED) is 0.402. The van der Waals surface area contributed by atoms with E-state index >= 15 is 0 Å². The van der Waals surface area contributed by atoms with Gasteiger partial charge in [0.1, 0.15) is 11.9 Å². The van der Waals surface area contributed by atoms with Gasteiger partial charge in [-0.3, -0.25) is 14.3 Å². The number of nitrogens with one attached hydrogen (secondary N) is 1. The van der Waals surface area contributed by atoms with Gasteiger partial charge >= 0.3 is 5.97 Å². The number of benzene rings is 2. The van der Waals surface area contributed by atoms with E-state index in [0.29, 0.717) is 5.56 Å². The number of carboxylic acids is 1. The number of hydrogen-bond donors (Lipinski definition) is 2. The molecule has 0 radical (unpaired) electrons. The number of ether oxygens (including phenoxy) is 1. The lowest BCUT2D eigenvalue weighted by molar-refractivity contribution is -0.136. The van der Waals surface area contributed by atoms with E-state index < -0.39 is 5.97 Å². The number of aryl methyl sites for hydroxylation is 1. The predicted octanol–water partition coefficient (Wildman–Crippen LogP) is 5.08. The number of carbonyl (C=O) groups excluding carboxylic acids is 1. The minimum Gasteiger partial charge on any atom is -0.486 e. The van der Waals surface area contributed by atoms with Gasteiger partial charge in [-0.05, 0) is 48.2 Å². The van der Waals surface area contributed by atoms with Crippen LogP contribution in [0.15, 0.2) is 60.9 Å². The van der Waals surface area contributed by atoms with Gasteiger partial charge in [-0.15, -0.1) is 0 Å². The second-order valence-electron chi connectivity index (χ2n) is 7.93. The van der Waals surface area contributed by atoms with E-state index in [-0.39, 0.29) is 25.0 Å². The Bertz CT molecular complexity index is 1040. The van der Waals surface area contributed by atoms with Gasteiger partial charge in [0, 0.05) is 30.4 Å². The number of aliphatic carboxylic acids is 1. The van der Waals surface area contributed by atoms with Crippen LogP contribution in [0.3, 0.4) is 0 Å². The van der Waals surface area contributed by atoms with Gasteiger partial charge in [0.25, 0.3) is 5.91 Å². The largest absolute Gasteiger partial charge is 0.486 e. The number of aromatic nitrogens is 2. The van der Waals surface area contributed by atoms with Crippen molar-refractivity contribution in [1.29, 1.82) is 0 Å². The molecule has 2 aromatic carbocycles. The van der Waals surface area contributed by atoms with E-state index in [1.165, 1.54) is 0 Å². The fourth-order valence-corrected chi connectivity index (χ4v) is 3.54. The third kappa shape index (κ3) is 6.94. The van der Waals surface area contributed by atoms with Crippen molar-refractivity contribution >= 4 is 11.9 Å². The summed E-state index contributed by atoms with van der Waals surface area (Å²) in [5.74, 6) is -0.438. The summed E-state index contributed by atoms with van der Waals surface area (Å²) in [4.78, 5) is 22.8. The topological polar surface area (TPSA) is 93.5 Å². The van der Waals surface area contributed by atoms with Crippen LogP contribution >= 0.6 is 0 Å². The minimum atomic E-state index is -0.940. The van der Waals surface area contributed by atoms with Crippen LogP contribution in [0.25, 0.3) is 11.1 Å². The SMILES string of the molecule is CCCC(Oc1ccc(-c2cnn(CCC)c2)cc1)c1ccc(C(=O)NCCC(=O)O)cc1. The van der Waals surface area contributed by atoms with Gasteiger partial charge in [-0.25, -0.2) is 0 Å². The van der Waals surface area contributed by atoms with Crippen molar-refractivity contribution in [3.8, 4) is 16.9 Å². The highest BCUT2D eigenvalue weighted by atomic mass is 16.5. The lowest BCUT2D eigenvalue weighted by atomic mass is 10.0. The molecule has 1 aromatic heterocycles. The van der Waals surface area contributed by atoms with Crippen LogP contribution in [0.5, 0.6) is 5.75 Å². The van der Waals surface area contributed by atoms with Crippen molar-refractivity contribution in [2.45, 2.75) is 52.2 Å². The average molecular weight is 450 g/mol. The number of carbonyl (C=O) groups is 2. The maximum atomic E-state index is 12.2. The van der Waals surface area contributed by atoms with Gasteiger partial charge in [0.05, 0.1) is 12.6 Å². The molecular formula is C26H31N3O4. The van der Waals surface area contributed by atoms with Crippen LogP contribution in [0.4, 0.5) is 0 Å². The van der Waals surface area contributed by atoms with Crippen molar-refractivity contribution in [2.75, 3.05) is 6.54 Å². The first-order valence-corrected chi connectivity index (χ1v) is 11.4. The maximum Gasteiger partial charge on any atom is 0.305 e. The molecule has 174 valence electrons. The molecule has 0 bridgehead atoms. The van der Waals surface area contributed by atoms with Crippen LogP contribution in [0.2, 0.25) is 0 Å². The van der Waals surface area contributed by atoms with Gasteiger partial charge in [0.15, 0.2) is 0 Å². The molecule has 0 spiro atoms. The molecular weight excluding hydrogens is 418 g/mol. The molecule has 7 heteroatoms. The van der Waals surface area contributed by atoms with Gasteiger partial charge in [-0.1, -0.05) is 44.5 Å². The Labute approximate surface area is 194 Å². The molecule has 0 aliphatic rings. The van der Waals surface area contributed by atoms with E-state index in [9.17, 15) is 9.59 Å². The summed E-state index contributed by atoms with van der Waals surface area (Å²) in [5.41, 5.74) is 3.66. The maximum absolute atomic E-state index is 12.2. The minimum absolute atomic E-state index is 0.101. The summed E-state index contributed by atoms with van der Waals surface area (Å²) in [6.45, 7) is 5.25. The number of nitrogens with zero attached hydrogens (tertiary/aromatic N) is 2. The summed E-state index contributed by atoms with van der Waals surface area (Å²) in [6.07, 6.45) is 6.55. The van der Waals surface area contributed by atoms with Gasteiger partial charge in [-0.2, -0.15) is 5.10 Å².